The van der Waals surface area contributed by atoms with Crippen LogP contribution in [0.4, 0.5) is 5.69 Å². The number of halogens is 2. The number of aromatic nitrogens is 3. The van der Waals surface area contributed by atoms with Crippen LogP contribution in [0.1, 0.15) is 25.8 Å². The van der Waals surface area contributed by atoms with Crippen molar-refractivity contribution >= 4 is 46.6 Å². The Morgan fingerprint density at radius 2 is 1.97 bits per heavy atom. The highest BCUT2D eigenvalue weighted by molar-refractivity contribution is 7.99. The monoisotopic (exact) mass is 474 g/mol. The van der Waals surface area contributed by atoms with Gasteiger partial charge in [0.15, 0.2) is 11.0 Å². The van der Waals surface area contributed by atoms with Crippen molar-refractivity contribution in [2.24, 2.45) is 5.92 Å². The summed E-state index contributed by atoms with van der Waals surface area (Å²) < 4.78 is 2.04. The van der Waals surface area contributed by atoms with Crippen LogP contribution in [0.5, 0.6) is 0 Å². The average molecular weight is 475 g/mol. The van der Waals surface area contributed by atoms with Gasteiger partial charge in [0.05, 0.1) is 10.8 Å². The van der Waals surface area contributed by atoms with Crippen LogP contribution in [0.3, 0.4) is 0 Å². The maximum Gasteiger partial charge on any atom is 0.237 e. The third kappa shape index (κ3) is 4.92. The van der Waals surface area contributed by atoms with E-state index in [2.05, 4.69) is 30.1 Å². The van der Waals surface area contributed by atoms with Crippen LogP contribution in [0.15, 0.2) is 47.6 Å². The predicted octanol–water partition coefficient (Wildman–Crippen LogP) is 5.98. The molecule has 8 heteroatoms. The average Bonchev–Trinajstić information content (AvgIpc) is 3.13. The standard InChI is InChI=1S/C23H24Cl2N4OS/c1-15(2)13-29-22(18-10-9-17(24)12-19(18)25)26-27-23(29)31-14-21(30)28-11-5-7-16-6-3-4-8-20(16)28/h3-4,6,8-10,12,15H,5,7,11,13-14H2,1-2H3. The van der Waals surface area contributed by atoms with Crippen molar-refractivity contribution < 1.29 is 4.79 Å². The lowest BCUT2D eigenvalue weighted by Gasteiger charge is -2.29. The van der Waals surface area contributed by atoms with Crippen LogP contribution in [0.2, 0.25) is 10.0 Å². The summed E-state index contributed by atoms with van der Waals surface area (Å²) in [6.45, 7) is 5.75. The molecular formula is C23H24Cl2N4OS. The number of thioether (sulfide) groups is 1. The first-order chi connectivity index (χ1) is 14.9. The summed E-state index contributed by atoms with van der Waals surface area (Å²) in [5.74, 6) is 1.46. The number of para-hydroxylation sites is 1. The topological polar surface area (TPSA) is 51.0 Å². The van der Waals surface area contributed by atoms with Gasteiger partial charge >= 0.3 is 0 Å². The molecule has 31 heavy (non-hydrogen) atoms. The van der Waals surface area contributed by atoms with Crippen molar-refractivity contribution in [2.75, 3.05) is 17.2 Å². The molecule has 1 aliphatic heterocycles. The molecule has 4 rings (SSSR count). The Morgan fingerprint density at radius 3 is 2.74 bits per heavy atom. The Kier molecular flexibility index (Phi) is 6.89. The van der Waals surface area contributed by atoms with Gasteiger partial charge in [-0.05, 0) is 48.6 Å². The maximum absolute atomic E-state index is 13.0. The summed E-state index contributed by atoms with van der Waals surface area (Å²) in [7, 11) is 0. The van der Waals surface area contributed by atoms with Gasteiger partial charge in [0, 0.05) is 29.4 Å². The third-order valence-electron chi connectivity index (χ3n) is 5.17. The van der Waals surface area contributed by atoms with Gasteiger partial charge in [-0.15, -0.1) is 10.2 Å². The zero-order valence-corrected chi connectivity index (χ0v) is 19.8. The lowest BCUT2D eigenvalue weighted by atomic mass is 10.0. The number of rotatable bonds is 6. The highest BCUT2D eigenvalue weighted by Gasteiger charge is 2.24. The highest BCUT2D eigenvalue weighted by Crippen LogP contribution is 2.33. The largest absolute Gasteiger partial charge is 0.311 e. The molecule has 5 nitrogen and oxygen atoms in total. The first-order valence-corrected chi connectivity index (χ1v) is 12.1. The fraction of sp³-hybridized carbons (Fsp3) is 0.348. The minimum atomic E-state index is 0.0855. The van der Waals surface area contributed by atoms with Gasteiger partial charge in [-0.2, -0.15) is 0 Å². The van der Waals surface area contributed by atoms with Crippen LogP contribution in [-0.2, 0) is 17.8 Å². The minimum Gasteiger partial charge on any atom is -0.311 e. The van der Waals surface area contributed by atoms with Crippen molar-refractivity contribution in [3.05, 3.63) is 58.1 Å². The SMILES string of the molecule is CC(C)Cn1c(SCC(=O)N2CCCc3ccccc32)nnc1-c1ccc(Cl)cc1Cl. The van der Waals surface area contributed by atoms with Crippen LogP contribution < -0.4 is 4.90 Å². The molecule has 0 saturated carbocycles. The quantitative estimate of drug-likeness (QED) is 0.412. The smallest absolute Gasteiger partial charge is 0.237 e. The summed E-state index contributed by atoms with van der Waals surface area (Å²) in [6.07, 6.45) is 2.00. The second-order valence-electron chi connectivity index (χ2n) is 8.00. The number of fused-ring (bicyclic) bond motifs is 1. The number of anilines is 1. The normalized spacial score (nSPS) is 13.5. The molecule has 0 unspecified atom stereocenters. The van der Waals surface area contributed by atoms with Gasteiger partial charge in [0.2, 0.25) is 5.91 Å². The molecule has 2 heterocycles. The first-order valence-electron chi connectivity index (χ1n) is 10.3. The molecule has 0 radical (unpaired) electrons. The molecular weight excluding hydrogens is 451 g/mol. The van der Waals surface area contributed by atoms with Crippen molar-refractivity contribution in [2.45, 2.75) is 38.4 Å². The minimum absolute atomic E-state index is 0.0855. The van der Waals surface area contributed by atoms with Crippen LogP contribution in [0, 0.1) is 5.92 Å². The highest BCUT2D eigenvalue weighted by atomic mass is 35.5. The molecule has 1 aliphatic rings. The Hall–Kier alpha value is -2.02. The molecule has 2 aromatic carbocycles. The summed E-state index contributed by atoms with van der Waals surface area (Å²) in [6, 6.07) is 13.5. The zero-order chi connectivity index (χ0) is 22.0. The molecule has 0 fully saturated rings. The fourth-order valence-electron chi connectivity index (χ4n) is 3.79. The van der Waals surface area contributed by atoms with E-state index in [4.69, 9.17) is 23.2 Å². The molecule has 0 bridgehead atoms. The maximum atomic E-state index is 13.0. The lowest BCUT2D eigenvalue weighted by molar-refractivity contribution is -0.116. The molecule has 0 aliphatic carbocycles. The second kappa shape index (κ2) is 9.63. The second-order valence-corrected chi connectivity index (χ2v) is 9.79. The van der Waals surface area contributed by atoms with E-state index in [0.29, 0.717) is 32.7 Å². The fourth-order valence-corrected chi connectivity index (χ4v) is 5.11. The Balaban J connectivity index is 1.56. The van der Waals surface area contributed by atoms with Gasteiger partial charge in [-0.1, -0.05) is 67.0 Å². The molecule has 0 atom stereocenters. The van der Waals surface area contributed by atoms with E-state index in [0.717, 1.165) is 37.2 Å². The third-order valence-corrected chi connectivity index (χ3v) is 6.67. The number of carbonyl (C=O) groups is 1. The number of nitrogens with zero attached hydrogens (tertiary/aromatic N) is 4. The number of benzene rings is 2. The van der Waals surface area contributed by atoms with Crippen molar-refractivity contribution in [3.63, 3.8) is 0 Å². The Morgan fingerprint density at radius 1 is 1.16 bits per heavy atom. The number of hydrogen-bond acceptors (Lipinski definition) is 4. The Bertz CT molecular complexity index is 1100. The Labute approximate surface area is 196 Å². The molecule has 1 aromatic heterocycles. The molecule has 162 valence electrons. The van der Waals surface area contributed by atoms with E-state index >= 15 is 0 Å². The van der Waals surface area contributed by atoms with Crippen LogP contribution >= 0.6 is 35.0 Å². The summed E-state index contributed by atoms with van der Waals surface area (Å²) in [4.78, 5) is 14.9. The van der Waals surface area contributed by atoms with E-state index in [1.807, 2.05) is 33.7 Å². The molecule has 3 aromatic rings. The molecule has 0 spiro atoms. The number of hydrogen-bond donors (Lipinski definition) is 0. The van der Waals surface area contributed by atoms with Crippen molar-refractivity contribution in [1.29, 1.82) is 0 Å². The van der Waals surface area contributed by atoms with Gasteiger partial charge in [0.1, 0.15) is 0 Å². The predicted molar refractivity (Wildman–Crippen MR) is 128 cm³/mol. The van der Waals surface area contributed by atoms with Gasteiger partial charge in [-0.3, -0.25) is 4.79 Å². The van der Waals surface area contributed by atoms with E-state index in [-0.39, 0.29) is 5.91 Å². The lowest BCUT2D eigenvalue weighted by Crippen LogP contribution is -2.36. The zero-order valence-electron chi connectivity index (χ0n) is 17.5. The van der Waals surface area contributed by atoms with E-state index in [1.54, 1.807) is 12.1 Å². The molecule has 0 saturated heterocycles. The number of amides is 1. The van der Waals surface area contributed by atoms with Gasteiger partial charge in [0.25, 0.3) is 0 Å². The van der Waals surface area contributed by atoms with Gasteiger partial charge in [-0.25, -0.2) is 0 Å². The first kappa shape index (κ1) is 22.2. The molecule has 0 N–H and O–H groups in total. The van der Waals surface area contributed by atoms with E-state index in [9.17, 15) is 4.79 Å². The van der Waals surface area contributed by atoms with Crippen molar-refractivity contribution in [3.8, 4) is 11.4 Å². The van der Waals surface area contributed by atoms with E-state index < -0.39 is 0 Å². The van der Waals surface area contributed by atoms with E-state index in [1.165, 1.54) is 17.3 Å². The number of aryl methyl sites for hydroxylation is 1. The summed E-state index contributed by atoms with van der Waals surface area (Å²) in [5, 5.41) is 10.6. The molecule has 1 amide bonds. The summed E-state index contributed by atoms with van der Waals surface area (Å²) >= 11 is 13.9. The van der Waals surface area contributed by atoms with Crippen LogP contribution in [0.25, 0.3) is 11.4 Å². The van der Waals surface area contributed by atoms with Crippen molar-refractivity contribution in [1.82, 2.24) is 14.8 Å². The number of carbonyl (C=O) groups excluding carboxylic acids is 1. The van der Waals surface area contributed by atoms with Gasteiger partial charge < -0.3 is 9.47 Å². The summed E-state index contributed by atoms with van der Waals surface area (Å²) in [5.41, 5.74) is 3.04. The van der Waals surface area contributed by atoms with Crippen LogP contribution in [-0.4, -0.2) is 33.0 Å².